The molecule has 1 N–H and O–H groups in total. The molecule has 1 unspecified atom stereocenters. The van der Waals surface area contributed by atoms with E-state index in [-0.39, 0.29) is 0 Å². The van der Waals surface area contributed by atoms with Crippen molar-refractivity contribution >= 4 is 0 Å². The van der Waals surface area contributed by atoms with Crippen LogP contribution in [0.15, 0.2) is 18.2 Å². The molecule has 1 aromatic rings. The van der Waals surface area contributed by atoms with Crippen molar-refractivity contribution in [2.45, 2.75) is 52.1 Å². The fourth-order valence-electron chi connectivity index (χ4n) is 2.37. The van der Waals surface area contributed by atoms with Crippen molar-refractivity contribution in [3.8, 4) is 6.07 Å². The Balaban J connectivity index is 1.90. The van der Waals surface area contributed by atoms with E-state index in [1.54, 1.807) is 0 Å². The summed E-state index contributed by atoms with van der Waals surface area (Å²) in [5, 5.41) is 12.5. The topological polar surface area (TPSA) is 35.8 Å². The molecule has 1 saturated carbocycles. The number of benzene rings is 1. The van der Waals surface area contributed by atoms with Gasteiger partial charge in [-0.1, -0.05) is 25.8 Å². The van der Waals surface area contributed by atoms with Crippen LogP contribution >= 0.6 is 0 Å². The zero-order valence-electron chi connectivity index (χ0n) is 11.4. The normalized spacial score (nSPS) is 16.3. The monoisotopic (exact) mass is 242 g/mol. The molecule has 0 aromatic heterocycles. The van der Waals surface area contributed by atoms with Crippen LogP contribution in [0.2, 0.25) is 0 Å². The summed E-state index contributed by atoms with van der Waals surface area (Å²) in [7, 11) is 0. The third-order valence-electron chi connectivity index (χ3n) is 3.86. The molecule has 0 amide bonds. The maximum Gasteiger partial charge on any atom is 0.0991 e. The van der Waals surface area contributed by atoms with Gasteiger partial charge < -0.3 is 5.32 Å². The Morgan fingerprint density at radius 1 is 1.44 bits per heavy atom. The summed E-state index contributed by atoms with van der Waals surface area (Å²) in [4.78, 5) is 0. The highest BCUT2D eigenvalue weighted by atomic mass is 14.9. The minimum Gasteiger partial charge on any atom is -0.310 e. The Kier molecular flexibility index (Phi) is 4.38. The van der Waals surface area contributed by atoms with E-state index in [9.17, 15) is 0 Å². The van der Waals surface area contributed by atoms with Crippen LogP contribution in [-0.2, 0) is 6.54 Å². The van der Waals surface area contributed by atoms with E-state index in [1.165, 1.54) is 36.8 Å². The SMILES string of the molecule is CCC(CC1CC1)NCc1ccc(C#N)cc1C. The second kappa shape index (κ2) is 6.02. The summed E-state index contributed by atoms with van der Waals surface area (Å²) in [6.45, 7) is 5.26. The molecule has 96 valence electrons. The van der Waals surface area contributed by atoms with Gasteiger partial charge in [0.1, 0.15) is 0 Å². The predicted octanol–water partition coefficient (Wildman–Crippen LogP) is 3.54. The number of aryl methyl sites for hydroxylation is 1. The molecular weight excluding hydrogens is 220 g/mol. The number of hydrogen-bond acceptors (Lipinski definition) is 2. The Morgan fingerprint density at radius 3 is 2.78 bits per heavy atom. The molecule has 1 aromatic carbocycles. The van der Waals surface area contributed by atoms with Gasteiger partial charge in [0.2, 0.25) is 0 Å². The van der Waals surface area contributed by atoms with Crippen LogP contribution < -0.4 is 5.32 Å². The second-order valence-electron chi connectivity index (χ2n) is 5.42. The lowest BCUT2D eigenvalue weighted by Crippen LogP contribution is -2.28. The Morgan fingerprint density at radius 2 is 2.22 bits per heavy atom. The molecule has 0 spiro atoms. The first-order valence-corrected chi connectivity index (χ1v) is 6.96. The van der Waals surface area contributed by atoms with Gasteiger partial charge in [-0.3, -0.25) is 0 Å². The van der Waals surface area contributed by atoms with Crippen LogP contribution in [0.5, 0.6) is 0 Å². The summed E-state index contributed by atoms with van der Waals surface area (Å²) >= 11 is 0. The highest BCUT2D eigenvalue weighted by Crippen LogP contribution is 2.34. The molecule has 18 heavy (non-hydrogen) atoms. The Bertz CT molecular complexity index is 441. The number of nitrogens with one attached hydrogen (secondary N) is 1. The standard InChI is InChI=1S/C16H22N2/c1-3-16(9-13-4-5-13)18-11-15-7-6-14(10-17)8-12(15)2/h6-8,13,16,18H,3-5,9,11H2,1-2H3. The van der Waals surface area contributed by atoms with E-state index in [0.717, 1.165) is 18.0 Å². The van der Waals surface area contributed by atoms with Crippen LogP contribution in [-0.4, -0.2) is 6.04 Å². The summed E-state index contributed by atoms with van der Waals surface area (Å²) in [5.41, 5.74) is 3.27. The maximum absolute atomic E-state index is 8.85. The van der Waals surface area contributed by atoms with E-state index in [4.69, 9.17) is 5.26 Å². The molecule has 2 rings (SSSR count). The van der Waals surface area contributed by atoms with Gasteiger partial charge in [-0.15, -0.1) is 0 Å². The molecule has 0 radical (unpaired) electrons. The van der Waals surface area contributed by atoms with E-state index in [0.29, 0.717) is 6.04 Å². The average molecular weight is 242 g/mol. The molecule has 1 aliphatic rings. The lowest BCUT2D eigenvalue weighted by atomic mass is 10.0. The smallest absolute Gasteiger partial charge is 0.0991 e. The zero-order chi connectivity index (χ0) is 13.0. The van der Waals surface area contributed by atoms with Crippen molar-refractivity contribution in [1.82, 2.24) is 5.32 Å². The highest BCUT2D eigenvalue weighted by molar-refractivity contribution is 5.37. The Hall–Kier alpha value is -1.33. The highest BCUT2D eigenvalue weighted by Gasteiger charge is 2.24. The largest absolute Gasteiger partial charge is 0.310 e. The van der Waals surface area contributed by atoms with Gasteiger partial charge in [0.15, 0.2) is 0 Å². The molecule has 1 aliphatic carbocycles. The number of rotatable bonds is 6. The molecule has 0 saturated heterocycles. The van der Waals surface area contributed by atoms with E-state index in [1.807, 2.05) is 12.1 Å². The van der Waals surface area contributed by atoms with Gasteiger partial charge in [-0.05, 0) is 48.9 Å². The fourth-order valence-corrected chi connectivity index (χ4v) is 2.37. The first-order chi connectivity index (χ1) is 8.72. The molecular formula is C16H22N2. The van der Waals surface area contributed by atoms with Crippen LogP contribution in [0.25, 0.3) is 0 Å². The predicted molar refractivity (Wildman–Crippen MR) is 74.2 cm³/mol. The van der Waals surface area contributed by atoms with E-state index in [2.05, 4.69) is 31.3 Å². The van der Waals surface area contributed by atoms with Crippen molar-refractivity contribution in [2.24, 2.45) is 5.92 Å². The van der Waals surface area contributed by atoms with Gasteiger partial charge in [0, 0.05) is 12.6 Å². The van der Waals surface area contributed by atoms with E-state index >= 15 is 0 Å². The van der Waals surface area contributed by atoms with Crippen LogP contribution in [0.1, 0.15) is 49.3 Å². The third-order valence-corrected chi connectivity index (χ3v) is 3.86. The average Bonchev–Trinajstić information content (AvgIpc) is 3.19. The summed E-state index contributed by atoms with van der Waals surface area (Å²) in [6.07, 6.45) is 5.37. The zero-order valence-corrected chi connectivity index (χ0v) is 11.4. The van der Waals surface area contributed by atoms with E-state index < -0.39 is 0 Å². The van der Waals surface area contributed by atoms with Crippen molar-refractivity contribution in [1.29, 1.82) is 5.26 Å². The Labute approximate surface area is 110 Å². The summed E-state index contributed by atoms with van der Waals surface area (Å²) in [5.74, 6) is 0.976. The van der Waals surface area contributed by atoms with Crippen molar-refractivity contribution < 1.29 is 0 Å². The molecule has 0 bridgehead atoms. The van der Waals surface area contributed by atoms with Crippen molar-refractivity contribution in [3.63, 3.8) is 0 Å². The first kappa shape index (κ1) is 13.1. The minimum absolute atomic E-state index is 0.646. The molecule has 1 fully saturated rings. The van der Waals surface area contributed by atoms with Crippen LogP contribution in [0.4, 0.5) is 0 Å². The van der Waals surface area contributed by atoms with Gasteiger partial charge in [0.25, 0.3) is 0 Å². The molecule has 2 heteroatoms. The second-order valence-corrected chi connectivity index (χ2v) is 5.42. The molecule has 0 aliphatic heterocycles. The lowest BCUT2D eigenvalue weighted by Gasteiger charge is -2.17. The quantitative estimate of drug-likeness (QED) is 0.828. The van der Waals surface area contributed by atoms with Gasteiger partial charge in [0.05, 0.1) is 11.6 Å². The first-order valence-electron chi connectivity index (χ1n) is 6.96. The summed E-state index contributed by atoms with van der Waals surface area (Å²) < 4.78 is 0. The molecule has 0 heterocycles. The van der Waals surface area contributed by atoms with Crippen molar-refractivity contribution in [2.75, 3.05) is 0 Å². The lowest BCUT2D eigenvalue weighted by molar-refractivity contribution is 0.444. The van der Waals surface area contributed by atoms with Crippen molar-refractivity contribution in [3.05, 3.63) is 34.9 Å². The number of nitriles is 1. The summed E-state index contributed by atoms with van der Waals surface area (Å²) in [6, 6.07) is 8.78. The van der Waals surface area contributed by atoms with Crippen LogP contribution in [0.3, 0.4) is 0 Å². The van der Waals surface area contributed by atoms with Gasteiger partial charge >= 0.3 is 0 Å². The number of hydrogen-bond donors (Lipinski definition) is 1. The fraction of sp³-hybridized carbons (Fsp3) is 0.562. The number of nitrogens with zero attached hydrogens (tertiary/aromatic N) is 1. The maximum atomic E-state index is 8.85. The molecule has 1 atom stereocenters. The van der Waals surface area contributed by atoms with Gasteiger partial charge in [-0.2, -0.15) is 5.26 Å². The molecule has 2 nitrogen and oxygen atoms in total. The minimum atomic E-state index is 0.646. The van der Waals surface area contributed by atoms with Gasteiger partial charge in [-0.25, -0.2) is 0 Å². The third kappa shape index (κ3) is 3.58. The van der Waals surface area contributed by atoms with Crippen LogP contribution in [0, 0.1) is 24.2 Å².